The number of fused-ring (bicyclic) bond motifs is 6. The normalized spacial score (nSPS) is 21.1. The molecule has 5 aromatic rings. The van der Waals surface area contributed by atoms with Gasteiger partial charge < -0.3 is 9.88 Å². The topological polar surface area (TPSA) is 56.4 Å². The van der Waals surface area contributed by atoms with E-state index in [-0.39, 0.29) is 17.9 Å². The van der Waals surface area contributed by atoms with E-state index in [0.29, 0.717) is 12.2 Å². The van der Waals surface area contributed by atoms with Crippen LogP contribution >= 0.6 is 0 Å². The zero-order valence-electron chi connectivity index (χ0n) is 20.9. The number of aromatic amines is 1. The molecular weight excluding hydrogens is 458 g/mol. The van der Waals surface area contributed by atoms with Crippen LogP contribution in [0.2, 0.25) is 0 Å². The third-order valence-corrected chi connectivity index (χ3v) is 8.33. The average molecular weight is 486 g/mol. The zero-order chi connectivity index (χ0) is 25.3. The molecule has 0 aliphatic carbocycles. The van der Waals surface area contributed by atoms with Gasteiger partial charge in [-0.05, 0) is 47.6 Å². The summed E-state index contributed by atoms with van der Waals surface area (Å²) in [6.45, 7) is 4.47. The van der Waals surface area contributed by atoms with Crippen molar-refractivity contribution in [3.8, 4) is 0 Å². The molecule has 1 N–H and O–H groups in total. The molecule has 3 amide bonds. The predicted molar refractivity (Wildman–Crippen MR) is 147 cm³/mol. The van der Waals surface area contributed by atoms with Gasteiger partial charge in [0.05, 0.1) is 11.4 Å². The Balaban J connectivity index is 1.45. The molecular formula is C32H27N3O2. The fraction of sp³-hybridized carbons (Fsp3) is 0.188. The lowest BCUT2D eigenvalue weighted by Gasteiger charge is -2.40. The van der Waals surface area contributed by atoms with E-state index in [1.165, 1.54) is 10.5 Å². The number of hydrogen-bond donors (Lipinski definition) is 1. The average Bonchev–Trinajstić information content (AvgIpc) is 3.42. The Morgan fingerprint density at radius 3 is 2.35 bits per heavy atom. The number of para-hydroxylation sites is 1. The smallest absolute Gasteiger partial charge is 0.332 e. The van der Waals surface area contributed by atoms with Gasteiger partial charge in [0.1, 0.15) is 0 Å². The zero-order valence-corrected chi connectivity index (χ0v) is 20.9. The van der Waals surface area contributed by atoms with Gasteiger partial charge in [-0.1, -0.05) is 85.8 Å². The molecule has 0 radical (unpaired) electrons. The van der Waals surface area contributed by atoms with Crippen molar-refractivity contribution in [2.24, 2.45) is 0 Å². The molecule has 1 fully saturated rings. The van der Waals surface area contributed by atoms with Crippen LogP contribution in [0.5, 0.6) is 0 Å². The SMILES string of the molecule is CCc1ccc([C@@H]2CN3C(=O)N(c4cccc5ccccc45)C(=O)[C@]3(C)c3[nH]c4ccccc4c32)cc1. The van der Waals surface area contributed by atoms with Crippen LogP contribution in [-0.4, -0.2) is 28.4 Å². The van der Waals surface area contributed by atoms with Gasteiger partial charge in [0.2, 0.25) is 0 Å². The van der Waals surface area contributed by atoms with Crippen LogP contribution in [0.15, 0.2) is 91.0 Å². The van der Waals surface area contributed by atoms with E-state index < -0.39 is 5.54 Å². The summed E-state index contributed by atoms with van der Waals surface area (Å²) in [6, 6.07) is 30.2. The highest BCUT2D eigenvalue weighted by Gasteiger charge is 2.60. The van der Waals surface area contributed by atoms with E-state index in [2.05, 4.69) is 42.2 Å². The lowest BCUT2D eigenvalue weighted by Crippen LogP contribution is -2.50. The monoisotopic (exact) mass is 485 g/mol. The van der Waals surface area contributed by atoms with Gasteiger partial charge in [0.25, 0.3) is 5.91 Å². The van der Waals surface area contributed by atoms with Crippen molar-refractivity contribution in [1.29, 1.82) is 0 Å². The van der Waals surface area contributed by atoms with Crippen molar-refractivity contribution in [2.45, 2.75) is 31.7 Å². The first-order valence-electron chi connectivity index (χ1n) is 12.9. The predicted octanol–water partition coefficient (Wildman–Crippen LogP) is 6.71. The molecule has 0 spiro atoms. The number of nitrogens with one attached hydrogen (secondary N) is 1. The van der Waals surface area contributed by atoms with Crippen molar-refractivity contribution < 1.29 is 9.59 Å². The minimum absolute atomic E-state index is 0.0469. The van der Waals surface area contributed by atoms with Crippen molar-refractivity contribution in [3.63, 3.8) is 0 Å². The van der Waals surface area contributed by atoms with Gasteiger partial charge in [-0.3, -0.25) is 4.79 Å². The summed E-state index contributed by atoms with van der Waals surface area (Å²) in [5.41, 5.74) is 4.83. The second-order valence-electron chi connectivity index (χ2n) is 10.2. The molecule has 7 rings (SSSR count). The number of hydrogen-bond acceptors (Lipinski definition) is 2. The summed E-state index contributed by atoms with van der Waals surface area (Å²) < 4.78 is 0. The van der Waals surface area contributed by atoms with Gasteiger partial charge in [0.15, 0.2) is 5.54 Å². The number of imide groups is 1. The lowest BCUT2D eigenvalue weighted by molar-refractivity contribution is -0.125. The molecule has 4 aromatic carbocycles. The molecule has 5 nitrogen and oxygen atoms in total. The Morgan fingerprint density at radius 2 is 1.57 bits per heavy atom. The summed E-state index contributed by atoms with van der Waals surface area (Å²) >= 11 is 0. The number of aryl methyl sites for hydroxylation is 1. The summed E-state index contributed by atoms with van der Waals surface area (Å²) in [4.78, 5) is 35.2. The number of rotatable bonds is 3. The van der Waals surface area contributed by atoms with Crippen molar-refractivity contribution >= 4 is 39.3 Å². The van der Waals surface area contributed by atoms with Crippen LogP contribution in [0.3, 0.4) is 0 Å². The molecule has 0 unspecified atom stereocenters. The summed E-state index contributed by atoms with van der Waals surface area (Å²) in [5, 5.41) is 2.99. The minimum Gasteiger partial charge on any atom is -0.356 e. The van der Waals surface area contributed by atoms with Gasteiger partial charge >= 0.3 is 6.03 Å². The largest absolute Gasteiger partial charge is 0.356 e. The first-order valence-corrected chi connectivity index (χ1v) is 12.9. The molecule has 182 valence electrons. The fourth-order valence-corrected chi connectivity index (χ4v) is 6.29. The number of carbonyl (C=O) groups is 2. The first-order chi connectivity index (χ1) is 18.0. The van der Waals surface area contributed by atoms with E-state index in [9.17, 15) is 9.59 Å². The Bertz CT molecular complexity index is 1710. The number of carbonyl (C=O) groups excluding carboxylic acids is 2. The van der Waals surface area contributed by atoms with Gasteiger partial charge in [0, 0.05) is 28.8 Å². The third-order valence-electron chi connectivity index (χ3n) is 8.33. The molecule has 37 heavy (non-hydrogen) atoms. The molecule has 0 bridgehead atoms. The molecule has 2 aliphatic heterocycles. The molecule has 2 aliphatic rings. The van der Waals surface area contributed by atoms with E-state index in [1.54, 1.807) is 4.90 Å². The highest BCUT2D eigenvalue weighted by molar-refractivity contribution is 6.26. The number of aromatic nitrogens is 1. The van der Waals surface area contributed by atoms with Crippen molar-refractivity contribution in [1.82, 2.24) is 9.88 Å². The number of nitrogens with zero attached hydrogens (tertiary/aromatic N) is 2. The minimum atomic E-state index is -1.12. The van der Waals surface area contributed by atoms with Crippen LogP contribution in [0, 0.1) is 0 Å². The second kappa shape index (κ2) is 7.81. The van der Waals surface area contributed by atoms with Crippen molar-refractivity contribution in [2.75, 3.05) is 11.4 Å². The van der Waals surface area contributed by atoms with Crippen molar-refractivity contribution in [3.05, 3.63) is 113 Å². The Hall–Kier alpha value is -4.38. The number of urea groups is 1. The van der Waals surface area contributed by atoms with Gasteiger partial charge in [-0.25, -0.2) is 9.69 Å². The van der Waals surface area contributed by atoms with Crippen LogP contribution < -0.4 is 4.90 Å². The van der Waals surface area contributed by atoms with Gasteiger partial charge in [-0.2, -0.15) is 0 Å². The number of anilines is 1. The van der Waals surface area contributed by atoms with Crippen LogP contribution in [0.25, 0.3) is 21.7 Å². The maximum atomic E-state index is 14.3. The Labute approximate surface area is 215 Å². The Morgan fingerprint density at radius 1 is 0.865 bits per heavy atom. The van der Waals surface area contributed by atoms with E-state index >= 15 is 0 Å². The van der Waals surface area contributed by atoms with E-state index in [0.717, 1.165) is 44.9 Å². The summed E-state index contributed by atoms with van der Waals surface area (Å²) in [5.74, 6) is -0.268. The molecule has 3 heterocycles. The van der Waals surface area contributed by atoms with Crippen LogP contribution in [-0.2, 0) is 16.8 Å². The van der Waals surface area contributed by atoms with E-state index in [1.807, 2.05) is 67.6 Å². The highest BCUT2D eigenvalue weighted by Crippen LogP contribution is 2.50. The molecule has 0 saturated carbocycles. The molecule has 2 atom stereocenters. The summed E-state index contributed by atoms with van der Waals surface area (Å²) in [7, 11) is 0. The Kier molecular flexibility index (Phi) is 4.61. The highest BCUT2D eigenvalue weighted by atomic mass is 16.2. The quantitative estimate of drug-likeness (QED) is 0.289. The van der Waals surface area contributed by atoms with E-state index in [4.69, 9.17) is 0 Å². The van der Waals surface area contributed by atoms with Crippen LogP contribution in [0.4, 0.5) is 10.5 Å². The fourth-order valence-electron chi connectivity index (χ4n) is 6.29. The number of H-pyrrole nitrogens is 1. The maximum absolute atomic E-state index is 14.3. The maximum Gasteiger partial charge on any atom is 0.332 e. The van der Waals surface area contributed by atoms with Crippen LogP contribution in [0.1, 0.15) is 42.1 Å². The summed E-state index contributed by atoms with van der Waals surface area (Å²) in [6.07, 6.45) is 0.973. The first kappa shape index (κ1) is 21.9. The lowest BCUT2D eigenvalue weighted by atomic mass is 9.78. The molecule has 5 heteroatoms. The standard InChI is InChI=1S/C32H27N3O2/c1-3-20-15-17-22(18-16-20)25-19-34-31(37)35(27-14-8-10-21-9-4-5-11-23(21)27)30(36)32(34,2)29-28(25)24-12-6-7-13-26(24)33-29/h4-18,25,33H,3,19H2,1-2H3/t25-,32-/m0/s1. The molecule has 1 aromatic heterocycles. The second-order valence-corrected chi connectivity index (χ2v) is 10.2. The molecule has 1 saturated heterocycles. The third kappa shape index (κ3) is 2.91. The number of amides is 3. The van der Waals surface area contributed by atoms with Gasteiger partial charge in [-0.15, -0.1) is 0 Å². The number of benzene rings is 4.